The first-order valence-corrected chi connectivity index (χ1v) is 16.9. The van der Waals surface area contributed by atoms with Gasteiger partial charge in [0, 0.05) is 57.1 Å². The van der Waals surface area contributed by atoms with E-state index in [2.05, 4.69) is 30.7 Å². The zero-order valence-corrected chi connectivity index (χ0v) is 24.2. The predicted molar refractivity (Wildman–Crippen MR) is 157 cm³/mol. The summed E-state index contributed by atoms with van der Waals surface area (Å²) in [7, 11) is -2.94. The molecule has 1 aliphatic heterocycles. The van der Waals surface area contributed by atoms with E-state index in [0.29, 0.717) is 24.4 Å². The van der Waals surface area contributed by atoms with Crippen molar-refractivity contribution in [3.8, 4) is 0 Å². The van der Waals surface area contributed by atoms with Crippen molar-refractivity contribution in [2.24, 2.45) is 5.92 Å². The molecule has 10 nitrogen and oxygen atoms in total. The van der Waals surface area contributed by atoms with E-state index in [4.69, 9.17) is 10.7 Å². The second-order valence-electron chi connectivity index (χ2n) is 11.6. The Morgan fingerprint density at radius 1 is 0.947 bits per heavy atom. The number of aromatic nitrogens is 2. The highest BCUT2D eigenvalue weighted by atomic mass is 32.2. The van der Waals surface area contributed by atoms with E-state index in [1.165, 1.54) is 57.6 Å². The number of hydrogen-bond donors (Lipinski definition) is 4. The van der Waals surface area contributed by atoms with Crippen LogP contribution in [-0.2, 0) is 9.84 Å². The van der Waals surface area contributed by atoms with Crippen LogP contribution >= 0.6 is 0 Å². The molecule has 216 valence electrons. The summed E-state index contributed by atoms with van der Waals surface area (Å²) in [6.45, 7) is 7.17. The fraction of sp³-hybridized carbons (Fsp3) is 0.852. The van der Waals surface area contributed by atoms with Crippen LogP contribution in [0, 0.1) is 5.92 Å². The Balaban J connectivity index is 1.12. The lowest BCUT2D eigenvalue weighted by molar-refractivity contribution is 0.271. The van der Waals surface area contributed by atoms with Crippen molar-refractivity contribution in [3.05, 3.63) is 6.07 Å². The molecule has 1 aromatic heterocycles. The Morgan fingerprint density at radius 3 is 2.39 bits per heavy atom. The molecule has 2 aliphatic carbocycles. The molecule has 3 aliphatic rings. The number of rotatable bonds is 13. The molecule has 0 bridgehead atoms. The van der Waals surface area contributed by atoms with Gasteiger partial charge >= 0.3 is 0 Å². The van der Waals surface area contributed by atoms with Gasteiger partial charge in [-0.1, -0.05) is 19.3 Å². The normalized spacial score (nSPS) is 24.0. The lowest BCUT2D eigenvalue weighted by Gasteiger charge is -2.35. The van der Waals surface area contributed by atoms with Crippen LogP contribution in [-0.4, -0.2) is 99.7 Å². The van der Waals surface area contributed by atoms with Crippen LogP contribution in [0.3, 0.4) is 0 Å². The Kier molecular flexibility index (Phi) is 11.3. The van der Waals surface area contributed by atoms with Gasteiger partial charge in [0.05, 0.1) is 5.75 Å². The minimum Gasteiger partial charge on any atom is -0.383 e. The van der Waals surface area contributed by atoms with Crippen molar-refractivity contribution >= 4 is 27.4 Å². The summed E-state index contributed by atoms with van der Waals surface area (Å²) in [6.07, 6.45) is 14.1. The van der Waals surface area contributed by atoms with Crippen molar-refractivity contribution in [3.63, 3.8) is 0 Å². The third kappa shape index (κ3) is 10.1. The van der Waals surface area contributed by atoms with E-state index in [1.807, 2.05) is 6.07 Å². The van der Waals surface area contributed by atoms with Gasteiger partial charge < -0.3 is 26.6 Å². The van der Waals surface area contributed by atoms with Crippen molar-refractivity contribution in [1.29, 1.82) is 0 Å². The summed E-state index contributed by atoms with van der Waals surface area (Å²) in [6, 6.07) is 2.98. The van der Waals surface area contributed by atoms with Crippen LogP contribution in [0.25, 0.3) is 0 Å². The SMILES string of the molecule is CS(=O)(=O)CCN1CCN(c2cc(N)nc(N[C@H]3CC[C@H](CNCCCNC4CCCCC4)CC3)n2)CC1. The average molecular weight is 551 g/mol. The maximum absolute atomic E-state index is 11.5. The molecule has 11 heteroatoms. The smallest absolute Gasteiger partial charge is 0.226 e. The molecule has 0 aromatic carbocycles. The van der Waals surface area contributed by atoms with Crippen molar-refractivity contribution in [2.75, 3.05) is 80.3 Å². The van der Waals surface area contributed by atoms with E-state index < -0.39 is 9.84 Å². The fourth-order valence-corrected chi connectivity index (χ4v) is 6.59. The van der Waals surface area contributed by atoms with Gasteiger partial charge in [-0.05, 0) is 70.5 Å². The molecule has 4 rings (SSSR count). The Bertz CT molecular complexity index is 940. The lowest BCUT2D eigenvalue weighted by Crippen LogP contribution is -2.48. The number of sulfone groups is 1. The summed E-state index contributed by atoms with van der Waals surface area (Å²) < 4.78 is 22.9. The zero-order valence-electron chi connectivity index (χ0n) is 23.3. The van der Waals surface area contributed by atoms with Gasteiger partial charge in [-0.3, -0.25) is 4.90 Å². The Labute approximate surface area is 229 Å². The molecule has 1 saturated heterocycles. The van der Waals surface area contributed by atoms with Crippen LogP contribution in [0.4, 0.5) is 17.6 Å². The molecule has 0 spiro atoms. The number of nitrogen functional groups attached to an aromatic ring is 1. The second kappa shape index (κ2) is 14.6. The summed E-state index contributed by atoms with van der Waals surface area (Å²) >= 11 is 0. The topological polar surface area (TPSA) is 129 Å². The molecule has 2 saturated carbocycles. The molecule has 0 amide bonds. The summed E-state index contributed by atoms with van der Waals surface area (Å²) in [5.41, 5.74) is 6.14. The van der Waals surface area contributed by atoms with Crippen LogP contribution in [0.1, 0.15) is 64.2 Å². The summed E-state index contributed by atoms with van der Waals surface area (Å²) in [4.78, 5) is 13.7. The van der Waals surface area contributed by atoms with E-state index in [-0.39, 0.29) is 5.75 Å². The molecule has 0 unspecified atom stereocenters. The van der Waals surface area contributed by atoms with Gasteiger partial charge in [-0.15, -0.1) is 0 Å². The number of nitrogens with two attached hydrogens (primary N) is 1. The van der Waals surface area contributed by atoms with E-state index in [1.54, 1.807) is 0 Å². The number of piperazine rings is 1. The third-order valence-electron chi connectivity index (χ3n) is 8.39. The van der Waals surface area contributed by atoms with Crippen LogP contribution in [0.2, 0.25) is 0 Å². The van der Waals surface area contributed by atoms with E-state index in [9.17, 15) is 8.42 Å². The van der Waals surface area contributed by atoms with Crippen LogP contribution in [0.5, 0.6) is 0 Å². The number of hydrogen-bond acceptors (Lipinski definition) is 10. The van der Waals surface area contributed by atoms with Crippen molar-refractivity contribution in [2.45, 2.75) is 76.3 Å². The standard InChI is InChI=1S/C27H50N8O2S/c1-38(36,37)19-18-34-14-16-35(17-15-34)26-20-25(28)32-27(33-26)31-24-10-8-22(9-11-24)21-29-12-5-13-30-23-6-3-2-4-7-23/h20,22-24,29-30H,2-19,21H2,1H3,(H3,28,31,32,33)/t22-,24-. The number of nitrogens with one attached hydrogen (secondary N) is 3. The first-order valence-electron chi connectivity index (χ1n) is 14.8. The highest BCUT2D eigenvalue weighted by Gasteiger charge is 2.23. The molecule has 1 aromatic rings. The molecule has 0 atom stereocenters. The van der Waals surface area contributed by atoms with Gasteiger partial charge in [-0.25, -0.2) is 8.42 Å². The molecule has 5 N–H and O–H groups in total. The minimum atomic E-state index is -2.94. The second-order valence-corrected chi connectivity index (χ2v) is 13.9. The van der Waals surface area contributed by atoms with Crippen molar-refractivity contribution < 1.29 is 8.42 Å². The predicted octanol–water partition coefficient (Wildman–Crippen LogP) is 2.10. The molecule has 38 heavy (non-hydrogen) atoms. The molecular weight excluding hydrogens is 500 g/mol. The molecule has 2 heterocycles. The quantitative estimate of drug-likeness (QED) is 0.271. The van der Waals surface area contributed by atoms with Gasteiger partial charge in [0.15, 0.2) is 0 Å². The third-order valence-corrected chi connectivity index (χ3v) is 9.31. The number of anilines is 3. The van der Waals surface area contributed by atoms with Gasteiger partial charge in [0.25, 0.3) is 0 Å². The zero-order chi connectivity index (χ0) is 26.8. The first kappa shape index (κ1) is 29.3. The van der Waals surface area contributed by atoms with Gasteiger partial charge in [0.1, 0.15) is 21.5 Å². The largest absolute Gasteiger partial charge is 0.383 e. The maximum atomic E-state index is 11.5. The maximum Gasteiger partial charge on any atom is 0.226 e. The summed E-state index contributed by atoms with van der Waals surface area (Å²) in [5.74, 6) is 2.89. The molecule has 0 radical (unpaired) electrons. The average Bonchev–Trinajstić information content (AvgIpc) is 2.90. The fourth-order valence-electron chi connectivity index (χ4n) is 6.00. The highest BCUT2D eigenvalue weighted by molar-refractivity contribution is 7.90. The van der Waals surface area contributed by atoms with Gasteiger partial charge in [0.2, 0.25) is 5.95 Å². The van der Waals surface area contributed by atoms with E-state index >= 15 is 0 Å². The Morgan fingerprint density at radius 2 is 1.68 bits per heavy atom. The lowest BCUT2D eigenvalue weighted by atomic mass is 9.86. The highest BCUT2D eigenvalue weighted by Crippen LogP contribution is 2.27. The number of nitrogens with zero attached hydrogens (tertiary/aromatic N) is 4. The minimum absolute atomic E-state index is 0.206. The monoisotopic (exact) mass is 550 g/mol. The summed E-state index contributed by atoms with van der Waals surface area (Å²) in [5, 5.41) is 11.0. The van der Waals surface area contributed by atoms with Gasteiger partial charge in [-0.2, -0.15) is 9.97 Å². The van der Waals surface area contributed by atoms with Crippen LogP contribution in [0.15, 0.2) is 6.07 Å². The molecular formula is C27H50N8O2S. The van der Waals surface area contributed by atoms with Crippen LogP contribution < -0.4 is 26.6 Å². The first-order chi connectivity index (χ1) is 18.3. The van der Waals surface area contributed by atoms with E-state index in [0.717, 1.165) is 76.4 Å². The Hall–Kier alpha value is -1.69. The van der Waals surface area contributed by atoms with Crippen molar-refractivity contribution in [1.82, 2.24) is 25.5 Å². The molecule has 3 fully saturated rings.